The first-order valence-corrected chi connectivity index (χ1v) is 9.76. The van der Waals surface area contributed by atoms with Gasteiger partial charge in [0.05, 0.1) is 5.69 Å². The summed E-state index contributed by atoms with van der Waals surface area (Å²) in [4.78, 5) is 19.5. The predicted octanol–water partition coefficient (Wildman–Crippen LogP) is 2.17. The van der Waals surface area contributed by atoms with E-state index >= 15 is 0 Å². The highest BCUT2D eigenvalue weighted by atomic mass is 19.4. The van der Waals surface area contributed by atoms with Gasteiger partial charge in [-0.25, -0.2) is 4.79 Å². The molecule has 6 N–H and O–H groups in total. The van der Waals surface area contributed by atoms with Gasteiger partial charge in [0.25, 0.3) is 0 Å². The van der Waals surface area contributed by atoms with Crippen molar-refractivity contribution in [3.8, 4) is 5.69 Å². The number of hydrogen-bond acceptors (Lipinski definition) is 4. The number of guanidine groups is 1. The molecule has 1 atom stereocenters. The molecule has 0 spiro atoms. The smallest absolute Gasteiger partial charge is 0.370 e. The number of aromatic amines is 1. The Morgan fingerprint density at radius 1 is 1.32 bits per heavy atom. The number of alkyl halides is 3. The van der Waals surface area contributed by atoms with Crippen LogP contribution in [0.2, 0.25) is 0 Å². The van der Waals surface area contributed by atoms with E-state index in [4.69, 9.17) is 11.1 Å². The summed E-state index contributed by atoms with van der Waals surface area (Å²) in [6.07, 6.45) is -2.22. The number of halogens is 3. The molecule has 31 heavy (non-hydrogen) atoms. The zero-order chi connectivity index (χ0) is 22.6. The Kier molecular flexibility index (Phi) is 6.64. The van der Waals surface area contributed by atoms with Gasteiger partial charge >= 0.3 is 11.9 Å². The summed E-state index contributed by atoms with van der Waals surface area (Å²) in [7, 11) is 0. The lowest BCUT2D eigenvalue weighted by Crippen LogP contribution is -2.44. The number of hydrogen-bond donors (Lipinski definition) is 5. The van der Waals surface area contributed by atoms with Crippen molar-refractivity contribution in [1.82, 2.24) is 25.2 Å². The SMILES string of the molecule is CCc1cc2cn(-c3ccc(CNC(CCNC(=N)N)C(F)(F)F)cc3)c(=O)nc2[nH]1. The van der Waals surface area contributed by atoms with E-state index < -0.39 is 17.9 Å². The van der Waals surface area contributed by atoms with Crippen LogP contribution in [-0.4, -0.2) is 39.3 Å². The summed E-state index contributed by atoms with van der Waals surface area (Å²) in [5.74, 6) is -0.370. The lowest BCUT2D eigenvalue weighted by Gasteiger charge is -2.22. The molecule has 0 radical (unpaired) electrons. The van der Waals surface area contributed by atoms with E-state index in [2.05, 4.69) is 20.6 Å². The van der Waals surface area contributed by atoms with Crippen LogP contribution < -0.4 is 22.1 Å². The Hall–Kier alpha value is -3.34. The fourth-order valence-electron chi connectivity index (χ4n) is 3.17. The Labute approximate surface area is 176 Å². The molecule has 0 saturated heterocycles. The van der Waals surface area contributed by atoms with Crippen LogP contribution in [0.3, 0.4) is 0 Å². The summed E-state index contributed by atoms with van der Waals surface area (Å²) < 4.78 is 41.0. The van der Waals surface area contributed by atoms with Crippen LogP contribution in [0.1, 0.15) is 24.6 Å². The van der Waals surface area contributed by atoms with Crippen molar-refractivity contribution in [2.45, 2.75) is 38.5 Å². The third kappa shape index (κ3) is 5.63. The first-order valence-electron chi connectivity index (χ1n) is 9.76. The monoisotopic (exact) mass is 435 g/mol. The molecule has 0 amide bonds. The topological polar surface area (TPSA) is 125 Å². The number of nitrogens with zero attached hydrogens (tertiary/aromatic N) is 2. The van der Waals surface area contributed by atoms with Gasteiger partial charge in [0.15, 0.2) is 5.96 Å². The molecular weight excluding hydrogens is 411 g/mol. The Morgan fingerprint density at radius 2 is 2.03 bits per heavy atom. The minimum absolute atomic E-state index is 0.00557. The molecular formula is C20H24F3N7O. The van der Waals surface area contributed by atoms with Crippen LogP contribution in [-0.2, 0) is 13.0 Å². The number of nitrogens with one attached hydrogen (secondary N) is 4. The number of aryl methyl sites for hydroxylation is 1. The Morgan fingerprint density at radius 3 is 2.65 bits per heavy atom. The van der Waals surface area contributed by atoms with Gasteiger partial charge in [0.2, 0.25) is 0 Å². The Bertz CT molecular complexity index is 1100. The molecule has 0 aliphatic rings. The lowest BCUT2D eigenvalue weighted by molar-refractivity contribution is -0.157. The molecule has 2 heterocycles. The van der Waals surface area contributed by atoms with Crippen molar-refractivity contribution in [2.24, 2.45) is 5.73 Å². The number of fused-ring (bicyclic) bond motifs is 1. The van der Waals surface area contributed by atoms with Gasteiger partial charge in [0, 0.05) is 30.4 Å². The van der Waals surface area contributed by atoms with Crippen LogP contribution >= 0.6 is 0 Å². The second-order valence-corrected chi connectivity index (χ2v) is 7.12. The maximum absolute atomic E-state index is 13.2. The molecule has 8 nitrogen and oxygen atoms in total. The largest absolute Gasteiger partial charge is 0.403 e. The first-order chi connectivity index (χ1) is 14.7. The highest BCUT2D eigenvalue weighted by Crippen LogP contribution is 2.23. The molecule has 11 heteroatoms. The van der Waals surface area contributed by atoms with Gasteiger partial charge in [-0.05, 0) is 36.6 Å². The summed E-state index contributed by atoms with van der Waals surface area (Å²) >= 11 is 0. The molecule has 0 bridgehead atoms. The van der Waals surface area contributed by atoms with E-state index in [-0.39, 0.29) is 25.5 Å². The molecule has 3 aromatic rings. The van der Waals surface area contributed by atoms with Crippen molar-refractivity contribution in [2.75, 3.05) is 6.54 Å². The fraction of sp³-hybridized carbons (Fsp3) is 0.350. The van der Waals surface area contributed by atoms with Crippen LogP contribution in [0.4, 0.5) is 13.2 Å². The molecule has 1 unspecified atom stereocenters. The van der Waals surface area contributed by atoms with Gasteiger partial charge in [-0.15, -0.1) is 0 Å². The van der Waals surface area contributed by atoms with E-state index in [1.807, 2.05) is 13.0 Å². The summed E-state index contributed by atoms with van der Waals surface area (Å²) in [5, 5.41) is 12.7. The third-order valence-electron chi connectivity index (χ3n) is 4.86. The molecule has 0 aliphatic heterocycles. The van der Waals surface area contributed by atoms with Crippen LogP contribution in [0.5, 0.6) is 0 Å². The zero-order valence-corrected chi connectivity index (χ0v) is 16.9. The van der Waals surface area contributed by atoms with Gasteiger partial charge in [-0.2, -0.15) is 18.2 Å². The van der Waals surface area contributed by atoms with Crippen LogP contribution in [0.15, 0.2) is 41.3 Å². The summed E-state index contributed by atoms with van der Waals surface area (Å²) in [6, 6.07) is 6.84. The molecule has 0 saturated carbocycles. The zero-order valence-electron chi connectivity index (χ0n) is 16.9. The number of rotatable bonds is 8. The second-order valence-electron chi connectivity index (χ2n) is 7.12. The van der Waals surface area contributed by atoms with Crippen LogP contribution in [0, 0.1) is 5.41 Å². The van der Waals surface area contributed by atoms with E-state index in [1.54, 1.807) is 30.5 Å². The standard InChI is InChI=1S/C20H24F3N7O/c1-2-14-9-13-11-30(19(31)29-17(13)28-14)15-5-3-12(4-6-15)10-27-16(20(21,22)23)7-8-26-18(24)25/h3-6,9,11,16,27H,2,7-8,10H2,1H3,(H4,24,25,26)(H,28,29,31). The first kappa shape index (κ1) is 22.3. The molecule has 3 rings (SSSR count). The van der Waals surface area contributed by atoms with Gasteiger partial charge in [-0.3, -0.25) is 9.98 Å². The average Bonchev–Trinajstić information content (AvgIpc) is 3.11. The Balaban J connectivity index is 1.71. The van der Waals surface area contributed by atoms with Crippen LogP contribution in [0.25, 0.3) is 16.7 Å². The summed E-state index contributed by atoms with van der Waals surface area (Å²) in [5.41, 5.74) is 7.36. The van der Waals surface area contributed by atoms with Crippen molar-refractivity contribution in [1.29, 1.82) is 5.41 Å². The van der Waals surface area contributed by atoms with E-state index in [0.29, 0.717) is 16.9 Å². The van der Waals surface area contributed by atoms with Crippen molar-refractivity contribution >= 4 is 17.0 Å². The molecule has 2 aromatic heterocycles. The van der Waals surface area contributed by atoms with Gasteiger partial charge in [-0.1, -0.05) is 19.1 Å². The second kappa shape index (κ2) is 9.21. The van der Waals surface area contributed by atoms with E-state index in [0.717, 1.165) is 17.5 Å². The quantitative estimate of drug-likeness (QED) is 0.274. The normalized spacial score (nSPS) is 12.8. The number of benzene rings is 1. The third-order valence-corrected chi connectivity index (χ3v) is 4.86. The number of H-pyrrole nitrogens is 1. The minimum Gasteiger partial charge on any atom is -0.370 e. The number of aromatic nitrogens is 3. The van der Waals surface area contributed by atoms with Crippen molar-refractivity contribution in [3.05, 3.63) is 58.3 Å². The molecule has 1 aromatic carbocycles. The maximum Gasteiger partial charge on any atom is 0.403 e. The number of nitrogens with two attached hydrogens (primary N) is 1. The van der Waals surface area contributed by atoms with Gasteiger partial charge in [0.1, 0.15) is 11.7 Å². The average molecular weight is 435 g/mol. The summed E-state index contributed by atoms with van der Waals surface area (Å²) in [6.45, 7) is 1.92. The highest BCUT2D eigenvalue weighted by molar-refractivity contribution is 5.75. The predicted molar refractivity (Wildman–Crippen MR) is 112 cm³/mol. The van der Waals surface area contributed by atoms with E-state index in [1.165, 1.54) is 4.57 Å². The van der Waals surface area contributed by atoms with Crippen molar-refractivity contribution in [3.63, 3.8) is 0 Å². The fourth-order valence-corrected chi connectivity index (χ4v) is 3.17. The highest BCUT2D eigenvalue weighted by Gasteiger charge is 2.38. The molecule has 0 fully saturated rings. The van der Waals surface area contributed by atoms with E-state index in [9.17, 15) is 18.0 Å². The molecule has 166 valence electrons. The minimum atomic E-state index is -4.43. The lowest BCUT2D eigenvalue weighted by atomic mass is 10.1. The van der Waals surface area contributed by atoms with Gasteiger partial charge < -0.3 is 21.4 Å². The maximum atomic E-state index is 13.2. The van der Waals surface area contributed by atoms with Crippen molar-refractivity contribution < 1.29 is 13.2 Å². The molecule has 0 aliphatic carbocycles.